The number of aliphatic hydroxyl groups excluding tert-OH is 1. The molecule has 1 unspecified atom stereocenters. The zero-order valence-electron chi connectivity index (χ0n) is 11.1. The number of hydrogen-bond acceptors (Lipinski definition) is 4. The third-order valence-electron chi connectivity index (χ3n) is 3.05. The molecule has 0 saturated heterocycles. The highest BCUT2D eigenvalue weighted by Gasteiger charge is 2.10. The lowest BCUT2D eigenvalue weighted by atomic mass is 10.2. The Morgan fingerprint density at radius 3 is 2.95 bits per heavy atom. The molecule has 0 aliphatic rings. The molecule has 0 saturated carbocycles. The zero-order valence-corrected chi connectivity index (χ0v) is 11.1. The van der Waals surface area contributed by atoms with E-state index in [1.807, 2.05) is 19.9 Å². The van der Waals surface area contributed by atoms with Crippen LogP contribution < -0.4 is 5.32 Å². The predicted molar refractivity (Wildman–Crippen MR) is 71.8 cm³/mol. The van der Waals surface area contributed by atoms with Gasteiger partial charge in [0.1, 0.15) is 5.52 Å². The number of aliphatic hydroxyl groups is 1. The second-order valence-electron chi connectivity index (χ2n) is 4.38. The maximum atomic E-state index is 11.9. The van der Waals surface area contributed by atoms with Crippen molar-refractivity contribution in [3.8, 4) is 0 Å². The molecule has 2 N–H and O–H groups in total. The van der Waals surface area contributed by atoms with Crippen molar-refractivity contribution in [1.29, 1.82) is 0 Å². The highest BCUT2D eigenvalue weighted by atomic mass is 16.3. The van der Waals surface area contributed by atoms with E-state index in [2.05, 4.69) is 15.6 Å². The van der Waals surface area contributed by atoms with Crippen molar-refractivity contribution in [1.82, 2.24) is 20.3 Å². The number of aryl methyl sites for hydroxylation is 1. The van der Waals surface area contributed by atoms with Crippen molar-refractivity contribution >= 4 is 16.9 Å². The minimum atomic E-state index is -0.506. The SMILES string of the molecule is CCC(O)CNC(=O)c1ccc2c(c1)nnn2CC. The van der Waals surface area contributed by atoms with Crippen LogP contribution in [-0.2, 0) is 6.54 Å². The van der Waals surface area contributed by atoms with Gasteiger partial charge in [-0.25, -0.2) is 4.68 Å². The van der Waals surface area contributed by atoms with Crippen LogP contribution >= 0.6 is 0 Å². The van der Waals surface area contributed by atoms with E-state index in [0.29, 0.717) is 17.5 Å². The molecule has 0 aliphatic carbocycles. The summed E-state index contributed by atoms with van der Waals surface area (Å²) in [6, 6.07) is 5.29. The highest BCUT2D eigenvalue weighted by molar-refractivity contribution is 5.97. The summed E-state index contributed by atoms with van der Waals surface area (Å²) in [5, 5.41) is 20.1. The largest absolute Gasteiger partial charge is 0.391 e. The summed E-state index contributed by atoms with van der Waals surface area (Å²) in [5.41, 5.74) is 2.14. The van der Waals surface area contributed by atoms with Crippen LogP contribution in [0.4, 0.5) is 0 Å². The van der Waals surface area contributed by atoms with Crippen molar-refractivity contribution < 1.29 is 9.90 Å². The van der Waals surface area contributed by atoms with Gasteiger partial charge in [0.25, 0.3) is 5.91 Å². The van der Waals surface area contributed by atoms with Gasteiger partial charge >= 0.3 is 0 Å². The van der Waals surface area contributed by atoms with Crippen LogP contribution in [0.25, 0.3) is 11.0 Å². The first-order chi connectivity index (χ1) is 9.15. The Bertz CT molecular complexity index is 579. The number of amides is 1. The van der Waals surface area contributed by atoms with Gasteiger partial charge < -0.3 is 10.4 Å². The molecule has 2 rings (SSSR count). The fraction of sp³-hybridized carbons (Fsp3) is 0.462. The van der Waals surface area contributed by atoms with Gasteiger partial charge in [0.05, 0.1) is 11.6 Å². The molecule has 102 valence electrons. The van der Waals surface area contributed by atoms with Crippen LogP contribution in [0.1, 0.15) is 30.6 Å². The van der Waals surface area contributed by atoms with Crippen molar-refractivity contribution in [3.05, 3.63) is 23.8 Å². The van der Waals surface area contributed by atoms with Gasteiger partial charge in [-0.2, -0.15) is 0 Å². The molecule has 1 aromatic carbocycles. The summed E-state index contributed by atoms with van der Waals surface area (Å²) in [5.74, 6) is -0.208. The third kappa shape index (κ3) is 2.90. The molecule has 6 nitrogen and oxygen atoms in total. The number of benzene rings is 1. The zero-order chi connectivity index (χ0) is 13.8. The molecule has 1 amide bonds. The maximum absolute atomic E-state index is 11.9. The Morgan fingerprint density at radius 1 is 1.47 bits per heavy atom. The maximum Gasteiger partial charge on any atom is 0.251 e. The van der Waals surface area contributed by atoms with Crippen LogP contribution in [0, 0.1) is 0 Å². The van der Waals surface area contributed by atoms with Crippen molar-refractivity contribution in [3.63, 3.8) is 0 Å². The van der Waals surface area contributed by atoms with Crippen LogP contribution in [0.5, 0.6) is 0 Å². The molecule has 1 aromatic heterocycles. The lowest BCUT2D eigenvalue weighted by molar-refractivity contribution is 0.0914. The first-order valence-corrected chi connectivity index (χ1v) is 6.45. The molecule has 2 aromatic rings. The summed E-state index contributed by atoms with van der Waals surface area (Å²) >= 11 is 0. The standard InChI is InChI=1S/C13H18N4O2/c1-3-10(18)8-14-13(19)9-5-6-12-11(7-9)15-16-17(12)4-2/h5-7,10,18H,3-4,8H2,1-2H3,(H,14,19). The van der Waals surface area contributed by atoms with Gasteiger partial charge in [0, 0.05) is 18.7 Å². The van der Waals surface area contributed by atoms with Crippen molar-refractivity contribution in [2.75, 3.05) is 6.54 Å². The number of aromatic nitrogens is 3. The van der Waals surface area contributed by atoms with Crippen LogP contribution in [0.2, 0.25) is 0 Å². The number of rotatable bonds is 5. The summed E-state index contributed by atoms with van der Waals surface area (Å²) in [7, 11) is 0. The van der Waals surface area contributed by atoms with E-state index in [-0.39, 0.29) is 12.5 Å². The molecular weight excluding hydrogens is 244 g/mol. The summed E-state index contributed by atoms with van der Waals surface area (Å²) in [6.45, 7) is 4.85. The van der Waals surface area contributed by atoms with Crippen LogP contribution in [0.15, 0.2) is 18.2 Å². The van der Waals surface area contributed by atoms with Crippen LogP contribution in [0.3, 0.4) is 0 Å². The Morgan fingerprint density at radius 2 is 2.26 bits per heavy atom. The molecule has 0 bridgehead atoms. The van der Waals surface area contributed by atoms with E-state index in [9.17, 15) is 9.90 Å². The Kier molecular flexibility index (Phi) is 4.11. The van der Waals surface area contributed by atoms with Crippen molar-refractivity contribution in [2.24, 2.45) is 0 Å². The van der Waals surface area contributed by atoms with E-state index in [0.717, 1.165) is 12.1 Å². The molecule has 0 fully saturated rings. The third-order valence-corrected chi connectivity index (χ3v) is 3.05. The number of carbonyl (C=O) groups excluding carboxylic acids is 1. The molecule has 6 heteroatoms. The minimum absolute atomic E-state index is 0.208. The normalized spacial score (nSPS) is 12.6. The van der Waals surface area contributed by atoms with Gasteiger partial charge in [-0.05, 0) is 31.5 Å². The van der Waals surface area contributed by atoms with E-state index in [1.54, 1.807) is 16.8 Å². The van der Waals surface area contributed by atoms with Crippen molar-refractivity contribution in [2.45, 2.75) is 32.9 Å². The molecular formula is C13H18N4O2. The Hall–Kier alpha value is -1.95. The first kappa shape index (κ1) is 13.5. The smallest absolute Gasteiger partial charge is 0.251 e. The second-order valence-corrected chi connectivity index (χ2v) is 4.38. The van der Waals surface area contributed by atoms with Gasteiger partial charge in [-0.3, -0.25) is 4.79 Å². The van der Waals surface area contributed by atoms with E-state index in [4.69, 9.17) is 0 Å². The molecule has 1 heterocycles. The molecule has 19 heavy (non-hydrogen) atoms. The van der Waals surface area contributed by atoms with E-state index in [1.165, 1.54) is 0 Å². The number of fused-ring (bicyclic) bond motifs is 1. The molecule has 0 spiro atoms. The lowest BCUT2D eigenvalue weighted by Gasteiger charge is -2.09. The fourth-order valence-electron chi connectivity index (χ4n) is 1.80. The average Bonchev–Trinajstić information content (AvgIpc) is 2.86. The average molecular weight is 262 g/mol. The minimum Gasteiger partial charge on any atom is -0.391 e. The Labute approximate surface area is 111 Å². The molecule has 0 aliphatic heterocycles. The quantitative estimate of drug-likeness (QED) is 0.840. The summed E-state index contributed by atoms with van der Waals surface area (Å²) < 4.78 is 1.78. The van der Waals surface area contributed by atoms with Gasteiger partial charge in [-0.15, -0.1) is 5.10 Å². The summed E-state index contributed by atoms with van der Waals surface area (Å²) in [6.07, 6.45) is 0.109. The first-order valence-electron chi connectivity index (χ1n) is 6.45. The molecule has 0 radical (unpaired) electrons. The van der Waals surface area contributed by atoms with Gasteiger partial charge in [-0.1, -0.05) is 12.1 Å². The van der Waals surface area contributed by atoms with Gasteiger partial charge in [0.15, 0.2) is 0 Å². The number of carbonyl (C=O) groups is 1. The van der Waals surface area contributed by atoms with E-state index >= 15 is 0 Å². The monoisotopic (exact) mass is 262 g/mol. The van der Waals surface area contributed by atoms with Gasteiger partial charge in [0.2, 0.25) is 0 Å². The number of nitrogens with one attached hydrogen (secondary N) is 1. The number of hydrogen-bond donors (Lipinski definition) is 2. The van der Waals surface area contributed by atoms with Crippen LogP contribution in [-0.4, -0.2) is 38.7 Å². The fourth-order valence-corrected chi connectivity index (χ4v) is 1.80. The number of nitrogens with zero attached hydrogens (tertiary/aromatic N) is 3. The second kappa shape index (κ2) is 5.79. The highest BCUT2D eigenvalue weighted by Crippen LogP contribution is 2.13. The predicted octanol–water partition coefficient (Wildman–Crippen LogP) is 0.952. The Balaban J connectivity index is 2.14. The lowest BCUT2D eigenvalue weighted by Crippen LogP contribution is -2.31. The molecule has 1 atom stereocenters. The van der Waals surface area contributed by atoms with E-state index < -0.39 is 6.10 Å². The summed E-state index contributed by atoms with van der Waals surface area (Å²) in [4.78, 5) is 11.9. The topological polar surface area (TPSA) is 80.0 Å².